The molecule has 0 aliphatic rings. The van der Waals surface area contributed by atoms with E-state index in [1.54, 1.807) is 0 Å². The summed E-state index contributed by atoms with van der Waals surface area (Å²) in [5, 5.41) is 3.56. The maximum absolute atomic E-state index is 5.69. The minimum Gasteiger partial charge on any atom is -0.491 e. The van der Waals surface area contributed by atoms with Gasteiger partial charge in [-0.25, -0.2) is 0 Å². The third-order valence-electron chi connectivity index (χ3n) is 3.28. The zero-order chi connectivity index (χ0) is 15.5. The Morgan fingerprint density at radius 1 is 1.05 bits per heavy atom. The molecule has 1 atom stereocenters. The second-order valence-corrected chi connectivity index (χ2v) is 5.80. The van der Waals surface area contributed by atoms with Crippen LogP contribution < -0.4 is 10.1 Å². The van der Waals surface area contributed by atoms with Crippen molar-refractivity contribution in [2.24, 2.45) is 5.92 Å². The fraction of sp³-hybridized carbons (Fsp3) is 0.667. The largest absolute Gasteiger partial charge is 0.491 e. The van der Waals surface area contributed by atoms with E-state index in [1.165, 1.54) is 5.56 Å². The lowest BCUT2D eigenvalue weighted by atomic mass is 10.0. The van der Waals surface area contributed by atoms with Gasteiger partial charge in [0.25, 0.3) is 0 Å². The molecular weight excluding hydrogens is 262 g/mol. The summed E-state index contributed by atoms with van der Waals surface area (Å²) in [5.74, 6) is 1.49. The standard InChI is InChI=1S/C18H31NO2/c1-5-11-19-18(6-2)16-7-9-17(10-8-16)21-13-12-20-14-15(3)4/h7-10,15,18-19H,5-6,11-14H2,1-4H3. The third-order valence-corrected chi connectivity index (χ3v) is 3.28. The molecular formula is C18H31NO2. The molecule has 0 fully saturated rings. The lowest BCUT2D eigenvalue weighted by Gasteiger charge is -2.17. The lowest BCUT2D eigenvalue weighted by Crippen LogP contribution is -2.21. The first kappa shape index (κ1) is 18.0. The number of hydrogen-bond acceptors (Lipinski definition) is 3. The topological polar surface area (TPSA) is 30.5 Å². The Bertz CT molecular complexity index is 362. The molecule has 0 bridgehead atoms. The van der Waals surface area contributed by atoms with Gasteiger partial charge < -0.3 is 14.8 Å². The zero-order valence-corrected chi connectivity index (χ0v) is 14.0. The van der Waals surface area contributed by atoms with Gasteiger partial charge in [0.15, 0.2) is 0 Å². The molecule has 1 aromatic rings. The van der Waals surface area contributed by atoms with E-state index in [-0.39, 0.29) is 0 Å². The molecule has 21 heavy (non-hydrogen) atoms. The number of rotatable bonds is 11. The molecule has 3 heteroatoms. The van der Waals surface area contributed by atoms with Gasteiger partial charge in [0.1, 0.15) is 12.4 Å². The van der Waals surface area contributed by atoms with E-state index in [9.17, 15) is 0 Å². The fourth-order valence-corrected chi connectivity index (χ4v) is 2.15. The van der Waals surface area contributed by atoms with Gasteiger partial charge in [-0.15, -0.1) is 0 Å². The Hall–Kier alpha value is -1.06. The maximum atomic E-state index is 5.69. The second kappa shape index (κ2) is 10.6. The molecule has 0 saturated carbocycles. The van der Waals surface area contributed by atoms with Gasteiger partial charge in [0.05, 0.1) is 6.61 Å². The first-order valence-electron chi connectivity index (χ1n) is 8.21. The summed E-state index contributed by atoms with van der Waals surface area (Å²) in [6.07, 6.45) is 2.26. The molecule has 1 aromatic carbocycles. The molecule has 1 N–H and O–H groups in total. The number of nitrogens with one attached hydrogen (secondary N) is 1. The van der Waals surface area contributed by atoms with Gasteiger partial charge in [-0.1, -0.05) is 39.8 Å². The van der Waals surface area contributed by atoms with Gasteiger partial charge >= 0.3 is 0 Å². The normalized spacial score (nSPS) is 12.6. The monoisotopic (exact) mass is 293 g/mol. The van der Waals surface area contributed by atoms with Gasteiger partial charge in [-0.05, 0) is 43.0 Å². The molecule has 0 amide bonds. The highest BCUT2D eigenvalue weighted by Crippen LogP contribution is 2.20. The number of benzene rings is 1. The van der Waals surface area contributed by atoms with Crippen LogP contribution in [-0.4, -0.2) is 26.4 Å². The quantitative estimate of drug-likeness (QED) is 0.621. The minimum atomic E-state index is 0.438. The van der Waals surface area contributed by atoms with Gasteiger partial charge in [-0.2, -0.15) is 0 Å². The Kier molecular flexibility index (Phi) is 9.11. The van der Waals surface area contributed by atoms with E-state index in [4.69, 9.17) is 9.47 Å². The van der Waals surface area contributed by atoms with Crippen LogP contribution in [0, 0.1) is 5.92 Å². The van der Waals surface area contributed by atoms with Crippen LogP contribution in [0.2, 0.25) is 0 Å². The van der Waals surface area contributed by atoms with Crippen molar-refractivity contribution < 1.29 is 9.47 Å². The molecule has 0 saturated heterocycles. The summed E-state index contributed by atoms with van der Waals surface area (Å²) in [5.41, 5.74) is 1.33. The number of hydrogen-bond donors (Lipinski definition) is 1. The van der Waals surface area contributed by atoms with Crippen LogP contribution in [0.4, 0.5) is 0 Å². The zero-order valence-electron chi connectivity index (χ0n) is 14.0. The van der Waals surface area contributed by atoms with Crippen molar-refractivity contribution in [3.8, 4) is 5.75 Å². The maximum Gasteiger partial charge on any atom is 0.119 e. The molecule has 0 spiro atoms. The Labute approximate surface area is 130 Å². The van der Waals surface area contributed by atoms with Crippen molar-refractivity contribution in [2.75, 3.05) is 26.4 Å². The molecule has 1 unspecified atom stereocenters. The minimum absolute atomic E-state index is 0.438. The predicted octanol–water partition coefficient (Wildman–Crippen LogP) is 4.19. The van der Waals surface area contributed by atoms with Crippen molar-refractivity contribution in [2.45, 2.75) is 46.6 Å². The van der Waals surface area contributed by atoms with E-state index < -0.39 is 0 Å². The van der Waals surface area contributed by atoms with Crippen LogP contribution in [-0.2, 0) is 4.74 Å². The van der Waals surface area contributed by atoms with E-state index in [1.807, 2.05) is 12.1 Å². The second-order valence-electron chi connectivity index (χ2n) is 5.80. The molecule has 0 aromatic heterocycles. The average molecular weight is 293 g/mol. The first-order chi connectivity index (χ1) is 10.2. The van der Waals surface area contributed by atoms with Crippen molar-refractivity contribution in [3.63, 3.8) is 0 Å². The van der Waals surface area contributed by atoms with E-state index in [2.05, 4.69) is 45.1 Å². The van der Waals surface area contributed by atoms with Crippen LogP contribution in [0.3, 0.4) is 0 Å². The van der Waals surface area contributed by atoms with Crippen LogP contribution in [0.25, 0.3) is 0 Å². The summed E-state index contributed by atoms with van der Waals surface area (Å²) >= 11 is 0. The van der Waals surface area contributed by atoms with Crippen molar-refractivity contribution in [1.82, 2.24) is 5.32 Å². The molecule has 0 aliphatic heterocycles. The summed E-state index contributed by atoms with van der Waals surface area (Å²) < 4.78 is 11.2. The van der Waals surface area contributed by atoms with Gasteiger partial charge in [0, 0.05) is 12.6 Å². The summed E-state index contributed by atoms with van der Waals surface area (Å²) in [4.78, 5) is 0. The summed E-state index contributed by atoms with van der Waals surface area (Å²) in [6, 6.07) is 8.85. The lowest BCUT2D eigenvalue weighted by molar-refractivity contribution is 0.0819. The molecule has 0 heterocycles. The van der Waals surface area contributed by atoms with Gasteiger partial charge in [0.2, 0.25) is 0 Å². The Balaban J connectivity index is 2.35. The molecule has 3 nitrogen and oxygen atoms in total. The highest BCUT2D eigenvalue weighted by atomic mass is 16.5. The molecule has 1 rings (SSSR count). The van der Waals surface area contributed by atoms with Crippen LogP contribution in [0.5, 0.6) is 5.75 Å². The molecule has 120 valence electrons. The fourth-order valence-electron chi connectivity index (χ4n) is 2.15. The predicted molar refractivity (Wildman–Crippen MR) is 88.9 cm³/mol. The average Bonchev–Trinajstić information content (AvgIpc) is 2.48. The third kappa shape index (κ3) is 7.49. The number of ether oxygens (including phenoxy) is 2. The van der Waals surface area contributed by atoms with Crippen molar-refractivity contribution in [3.05, 3.63) is 29.8 Å². The van der Waals surface area contributed by atoms with E-state index in [0.29, 0.717) is 25.2 Å². The van der Waals surface area contributed by atoms with E-state index in [0.717, 1.165) is 31.7 Å². The summed E-state index contributed by atoms with van der Waals surface area (Å²) in [6.45, 7) is 11.8. The van der Waals surface area contributed by atoms with Crippen LogP contribution in [0.15, 0.2) is 24.3 Å². The van der Waals surface area contributed by atoms with E-state index >= 15 is 0 Å². The summed E-state index contributed by atoms with van der Waals surface area (Å²) in [7, 11) is 0. The first-order valence-corrected chi connectivity index (χ1v) is 8.21. The smallest absolute Gasteiger partial charge is 0.119 e. The Morgan fingerprint density at radius 3 is 2.33 bits per heavy atom. The highest BCUT2D eigenvalue weighted by molar-refractivity contribution is 5.29. The SMILES string of the molecule is CCCNC(CC)c1ccc(OCCOCC(C)C)cc1. The highest BCUT2D eigenvalue weighted by Gasteiger charge is 2.07. The van der Waals surface area contributed by atoms with Crippen LogP contribution >= 0.6 is 0 Å². The Morgan fingerprint density at radius 2 is 1.76 bits per heavy atom. The molecule has 0 radical (unpaired) electrons. The van der Waals surface area contributed by atoms with Crippen LogP contribution in [0.1, 0.15) is 52.1 Å². The van der Waals surface area contributed by atoms with Gasteiger partial charge in [-0.3, -0.25) is 0 Å². The van der Waals surface area contributed by atoms with Crippen molar-refractivity contribution in [1.29, 1.82) is 0 Å². The van der Waals surface area contributed by atoms with Crippen molar-refractivity contribution >= 4 is 0 Å². The molecule has 0 aliphatic carbocycles.